The van der Waals surface area contributed by atoms with Gasteiger partial charge in [-0.1, -0.05) is 55.5 Å². The Hall–Kier alpha value is -3.15. The fourth-order valence-electron chi connectivity index (χ4n) is 3.53. The van der Waals surface area contributed by atoms with E-state index in [0.717, 1.165) is 17.5 Å². The average molecular weight is 434 g/mol. The van der Waals surface area contributed by atoms with Crippen molar-refractivity contribution in [2.75, 3.05) is 6.61 Å². The number of benzene rings is 2. The number of hydrogen-bond donors (Lipinski definition) is 1. The first-order chi connectivity index (χ1) is 15.3. The second-order valence-corrected chi connectivity index (χ2v) is 8.54. The summed E-state index contributed by atoms with van der Waals surface area (Å²) in [6.45, 7) is 8.43. The Labute approximate surface area is 189 Å². The van der Waals surface area contributed by atoms with Crippen LogP contribution >= 0.6 is 0 Å². The van der Waals surface area contributed by atoms with Gasteiger partial charge in [0.15, 0.2) is 0 Å². The fourth-order valence-corrected chi connectivity index (χ4v) is 3.53. The molecule has 5 nitrogen and oxygen atoms in total. The van der Waals surface area contributed by atoms with Gasteiger partial charge in [-0.3, -0.25) is 10.1 Å². The molecule has 0 saturated carbocycles. The van der Waals surface area contributed by atoms with Gasteiger partial charge in [-0.15, -0.1) is 0 Å². The highest BCUT2D eigenvalue weighted by Gasteiger charge is 2.20. The summed E-state index contributed by atoms with van der Waals surface area (Å²) < 4.78 is 7.87. The monoisotopic (exact) mass is 433 g/mol. The number of nitrogens with zero attached hydrogens (tertiary/aromatic N) is 1. The molecule has 0 bridgehead atoms. The summed E-state index contributed by atoms with van der Waals surface area (Å²) in [7, 11) is 0. The Bertz CT molecular complexity index is 1080. The Morgan fingerprint density at radius 2 is 1.88 bits per heavy atom. The van der Waals surface area contributed by atoms with E-state index in [9.17, 15) is 4.79 Å². The zero-order chi connectivity index (χ0) is 23.1. The standard InChI is InChI=1S/C27H31NO4/c1-5-21-11-13-23(14-12-21)26(29)25-16-20(2)18-28(25)15-7-9-22-8-6-10-24(17-22)32-27(3,4)19-31-30/h6-14,16-18,30H,5,15,19H2,1-4H3/b9-7+. The molecule has 0 amide bonds. The minimum Gasteiger partial charge on any atom is -0.485 e. The maximum absolute atomic E-state index is 13.1. The Morgan fingerprint density at radius 3 is 2.56 bits per heavy atom. The molecule has 168 valence electrons. The van der Waals surface area contributed by atoms with Crippen molar-refractivity contribution >= 4 is 11.9 Å². The summed E-state index contributed by atoms with van der Waals surface area (Å²) in [5, 5.41) is 8.70. The van der Waals surface area contributed by atoms with Crippen LogP contribution in [0.15, 0.2) is 66.9 Å². The number of aromatic nitrogens is 1. The van der Waals surface area contributed by atoms with Crippen LogP contribution in [0.25, 0.3) is 6.08 Å². The van der Waals surface area contributed by atoms with E-state index < -0.39 is 5.60 Å². The molecular weight excluding hydrogens is 402 g/mol. The first-order valence-corrected chi connectivity index (χ1v) is 10.8. The van der Waals surface area contributed by atoms with Gasteiger partial charge in [0, 0.05) is 18.3 Å². The normalized spacial score (nSPS) is 11.8. The summed E-state index contributed by atoms with van der Waals surface area (Å²) in [5.74, 6) is 0.718. The van der Waals surface area contributed by atoms with Gasteiger partial charge >= 0.3 is 0 Å². The molecule has 0 fully saturated rings. The summed E-state index contributed by atoms with van der Waals surface area (Å²) in [5.41, 5.74) is 3.98. The van der Waals surface area contributed by atoms with Gasteiger partial charge in [-0.2, -0.15) is 0 Å². The first-order valence-electron chi connectivity index (χ1n) is 10.8. The number of carbonyl (C=O) groups excluding carboxylic acids is 1. The Balaban J connectivity index is 1.72. The number of carbonyl (C=O) groups is 1. The lowest BCUT2D eigenvalue weighted by Crippen LogP contribution is -2.33. The number of ketones is 1. The molecule has 0 aliphatic heterocycles. The molecule has 0 unspecified atom stereocenters. The summed E-state index contributed by atoms with van der Waals surface area (Å²) >= 11 is 0. The van der Waals surface area contributed by atoms with Crippen LogP contribution in [-0.2, 0) is 17.9 Å². The van der Waals surface area contributed by atoms with E-state index in [2.05, 4.69) is 11.8 Å². The minimum atomic E-state index is -0.648. The quantitative estimate of drug-likeness (QED) is 0.244. The van der Waals surface area contributed by atoms with Crippen LogP contribution in [0, 0.1) is 6.92 Å². The fraction of sp³-hybridized carbons (Fsp3) is 0.296. The summed E-state index contributed by atoms with van der Waals surface area (Å²) in [4.78, 5) is 17.3. The number of hydrogen-bond acceptors (Lipinski definition) is 4. The molecule has 0 aliphatic rings. The highest BCUT2D eigenvalue weighted by molar-refractivity contribution is 6.08. The van der Waals surface area contributed by atoms with E-state index in [4.69, 9.17) is 9.99 Å². The molecule has 2 aromatic carbocycles. The number of aryl methyl sites for hydroxylation is 2. The molecule has 0 atom stereocenters. The van der Waals surface area contributed by atoms with Crippen molar-refractivity contribution in [3.8, 4) is 5.75 Å². The molecule has 5 heteroatoms. The molecule has 3 rings (SSSR count). The van der Waals surface area contributed by atoms with Crippen LogP contribution in [0.4, 0.5) is 0 Å². The molecule has 0 aliphatic carbocycles. The van der Waals surface area contributed by atoms with E-state index in [1.807, 2.05) is 98.3 Å². The van der Waals surface area contributed by atoms with Gasteiger partial charge in [0.1, 0.15) is 18.0 Å². The number of ether oxygens (including phenoxy) is 1. The molecule has 0 radical (unpaired) electrons. The predicted octanol–water partition coefficient (Wildman–Crippen LogP) is 5.95. The van der Waals surface area contributed by atoms with Crippen molar-refractivity contribution in [2.45, 2.75) is 46.3 Å². The van der Waals surface area contributed by atoms with Crippen LogP contribution in [0.1, 0.15) is 53.5 Å². The van der Waals surface area contributed by atoms with Crippen molar-refractivity contribution in [2.24, 2.45) is 0 Å². The second-order valence-electron chi connectivity index (χ2n) is 8.54. The van der Waals surface area contributed by atoms with Gasteiger partial charge in [-0.25, -0.2) is 4.89 Å². The minimum absolute atomic E-state index is 0.0258. The highest BCUT2D eigenvalue weighted by Crippen LogP contribution is 2.21. The molecule has 1 aromatic heterocycles. The van der Waals surface area contributed by atoms with Crippen molar-refractivity contribution in [1.29, 1.82) is 0 Å². The third-order valence-corrected chi connectivity index (χ3v) is 5.17. The van der Waals surface area contributed by atoms with Gasteiger partial charge in [0.2, 0.25) is 5.78 Å². The lowest BCUT2D eigenvalue weighted by Gasteiger charge is -2.24. The Morgan fingerprint density at radius 1 is 1.12 bits per heavy atom. The first kappa shape index (κ1) is 23.5. The molecule has 32 heavy (non-hydrogen) atoms. The van der Waals surface area contributed by atoms with Crippen LogP contribution in [0.3, 0.4) is 0 Å². The maximum Gasteiger partial charge on any atom is 0.209 e. The van der Waals surface area contributed by atoms with E-state index in [1.54, 1.807) is 0 Å². The lowest BCUT2D eigenvalue weighted by atomic mass is 10.0. The van der Waals surface area contributed by atoms with Crippen LogP contribution in [-0.4, -0.2) is 27.8 Å². The van der Waals surface area contributed by atoms with Gasteiger partial charge in [0.05, 0.1) is 5.69 Å². The van der Waals surface area contributed by atoms with Crippen molar-refractivity contribution in [3.63, 3.8) is 0 Å². The second kappa shape index (κ2) is 10.4. The topological polar surface area (TPSA) is 60.7 Å². The highest BCUT2D eigenvalue weighted by atomic mass is 17.1. The Kier molecular flexibility index (Phi) is 7.67. The van der Waals surface area contributed by atoms with Crippen LogP contribution in [0.5, 0.6) is 5.75 Å². The molecule has 1 N–H and O–H groups in total. The van der Waals surface area contributed by atoms with Crippen LogP contribution < -0.4 is 4.74 Å². The average Bonchev–Trinajstić information content (AvgIpc) is 3.13. The van der Waals surface area contributed by atoms with E-state index in [0.29, 0.717) is 23.6 Å². The van der Waals surface area contributed by atoms with Gasteiger partial charge in [-0.05, 0) is 62.1 Å². The van der Waals surface area contributed by atoms with Crippen molar-refractivity contribution < 1.29 is 19.7 Å². The lowest BCUT2D eigenvalue weighted by molar-refractivity contribution is -0.264. The summed E-state index contributed by atoms with van der Waals surface area (Å²) in [6.07, 6.45) is 6.97. The zero-order valence-corrected chi connectivity index (χ0v) is 19.2. The predicted molar refractivity (Wildman–Crippen MR) is 127 cm³/mol. The molecule has 0 saturated heterocycles. The number of rotatable bonds is 10. The SMILES string of the molecule is CCc1ccc(C(=O)c2cc(C)cn2C/C=C/c2cccc(OC(C)(C)COO)c2)cc1. The van der Waals surface area contributed by atoms with Gasteiger partial charge < -0.3 is 9.30 Å². The van der Waals surface area contributed by atoms with Crippen LogP contribution in [0.2, 0.25) is 0 Å². The third-order valence-electron chi connectivity index (χ3n) is 5.17. The zero-order valence-electron chi connectivity index (χ0n) is 19.2. The van der Waals surface area contributed by atoms with Crippen molar-refractivity contribution in [3.05, 3.63) is 94.8 Å². The third kappa shape index (κ3) is 6.19. The molecule has 1 heterocycles. The van der Waals surface area contributed by atoms with Crippen molar-refractivity contribution in [1.82, 2.24) is 4.57 Å². The molecular formula is C27H31NO4. The molecule has 0 spiro atoms. The smallest absolute Gasteiger partial charge is 0.209 e. The largest absolute Gasteiger partial charge is 0.485 e. The summed E-state index contributed by atoms with van der Waals surface area (Å²) in [6, 6.07) is 17.5. The van der Waals surface area contributed by atoms with E-state index in [1.165, 1.54) is 5.56 Å². The molecule has 3 aromatic rings. The van der Waals surface area contributed by atoms with Gasteiger partial charge in [0.25, 0.3) is 0 Å². The maximum atomic E-state index is 13.1. The van der Waals surface area contributed by atoms with E-state index in [-0.39, 0.29) is 12.4 Å². The van der Waals surface area contributed by atoms with E-state index >= 15 is 0 Å². The number of allylic oxidation sites excluding steroid dienone is 1.